The van der Waals surface area contributed by atoms with Gasteiger partial charge in [0, 0.05) is 23.0 Å². The Morgan fingerprint density at radius 1 is 1.25 bits per heavy atom. The summed E-state index contributed by atoms with van der Waals surface area (Å²) in [4.78, 5) is 14.2. The summed E-state index contributed by atoms with van der Waals surface area (Å²) >= 11 is 3.52. The van der Waals surface area contributed by atoms with Crippen LogP contribution in [0.2, 0.25) is 0 Å². The number of likely N-dealkylation sites (tertiary alicyclic amines) is 1. The third-order valence-electron chi connectivity index (χ3n) is 4.55. The van der Waals surface area contributed by atoms with Crippen LogP contribution in [0.1, 0.15) is 17.5 Å². The molecular weight excluding hydrogens is 366 g/mol. The van der Waals surface area contributed by atoms with E-state index in [-0.39, 0.29) is 11.5 Å². The second-order valence-corrected chi connectivity index (χ2v) is 7.00. The van der Waals surface area contributed by atoms with Crippen molar-refractivity contribution >= 4 is 22.0 Å². The zero-order valence-electron chi connectivity index (χ0n) is 13.5. The summed E-state index contributed by atoms with van der Waals surface area (Å²) < 4.78 is 6.49. The van der Waals surface area contributed by atoms with Crippen molar-refractivity contribution < 1.29 is 9.53 Å². The van der Waals surface area contributed by atoms with E-state index in [2.05, 4.69) is 34.6 Å². The van der Waals surface area contributed by atoms with Crippen LogP contribution in [0.5, 0.6) is 0 Å². The molecule has 0 radical (unpaired) electrons. The number of hydrogen-bond donors (Lipinski definition) is 0. The fourth-order valence-corrected chi connectivity index (χ4v) is 3.52. The Bertz CT molecular complexity index is 731. The first-order valence-corrected chi connectivity index (χ1v) is 8.77. The largest absolute Gasteiger partial charge is 0.445 e. The van der Waals surface area contributed by atoms with Gasteiger partial charge in [0.15, 0.2) is 0 Å². The Hall–Kier alpha value is -2.07. The summed E-state index contributed by atoms with van der Waals surface area (Å²) in [5, 5.41) is 0. The first-order chi connectivity index (χ1) is 11.6. The van der Waals surface area contributed by atoms with Gasteiger partial charge in [0.05, 0.1) is 0 Å². The first-order valence-electron chi connectivity index (χ1n) is 7.98. The number of hydrogen-bond acceptors (Lipinski definition) is 2. The molecule has 3 rings (SSSR count). The van der Waals surface area contributed by atoms with E-state index in [0.717, 1.165) is 16.5 Å². The van der Waals surface area contributed by atoms with Crippen molar-refractivity contribution in [2.45, 2.75) is 18.4 Å². The van der Waals surface area contributed by atoms with Crippen LogP contribution < -0.4 is 0 Å². The molecule has 0 bridgehead atoms. The summed E-state index contributed by atoms with van der Waals surface area (Å²) in [7, 11) is 0. The Balaban J connectivity index is 1.67. The normalized spacial score (nSPS) is 20.0. The minimum atomic E-state index is -0.266. The molecule has 2 aromatic rings. The van der Waals surface area contributed by atoms with E-state index in [1.54, 1.807) is 4.90 Å². The molecule has 0 spiro atoms. The van der Waals surface area contributed by atoms with Crippen LogP contribution in [0.4, 0.5) is 4.79 Å². The lowest BCUT2D eigenvalue weighted by Crippen LogP contribution is -2.33. The number of nitrogens with zero attached hydrogens (tertiary/aromatic N) is 1. The number of amides is 1. The molecule has 1 aliphatic rings. The Morgan fingerprint density at radius 2 is 2.04 bits per heavy atom. The molecule has 1 fully saturated rings. The maximum atomic E-state index is 12.4. The molecule has 1 heterocycles. The summed E-state index contributed by atoms with van der Waals surface area (Å²) in [6.07, 6.45) is 2.55. The van der Waals surface area contributed by atoms with Crippen LogP contribution in [0.25, 0.3) is 0 Å². The second kappa shape index (κ2) is 7.22. The number of carbonyl (C=O) groups is 1. The van der Waals surface area contributed by atoms with E-state index in [1.807, 2.05) is 48.5 Å². The first kappa shape index (κ1) is 16.8. The quantitative estimate of drug-likeness (QED) is 0.699. The number of benzene rings is 2. The molecule has 0 aromatic heterocycles. The van der Waals surface area contributed by atoms with E-state index >= 15 is 0 Å². The van der Waals surface area contributed by atoms with E-state index in [9.17, 15) is 4.79 Å². The number of carbonyl (C=O) groups excluding carboxylic acids is 1. The molecule has 1 amide bonds. The monoisotopic (exact) mass is 385 g/mol. The van der Waals surface area contributed by atoms with Crippen LogP contribution in [0.3, 0.4) is 0 Å². The average Bonchev–Trinajstić information content (AvgIpc) is 3.07. The highest BCUT2D eigenvalue weighted by molar-refractivity contribution is 9.10. The van der Waals surface area contributed by atoms with Gasteiger partial charge in [0.1, 0.15) is 6.61 Å². The summed E-state index contributed by atoms with van der Waals surface area (Å²) in [6, 6.07) is 17.9. The molecule has 1 atom stereocenters. The fraction of sp³-hybridized carbons (Fsp3) is 0.250. The van der Waals surface area contributed by atoms with Crippen molar-refractivity contribution in [2.75, 3.05) is 13.1 Å². The zero-order valence-corrected chi connectivity index (χ0v) is 15.0. The molecule has 0 N–H and O–H groups in total. The maximum Gasteiger partial charge on any atom is 0.410 e. The van der Waals surface area contributed by atoms with Crippen LogP contribution in [-0.4, -0.2) is 24.1 Å². The predicted octanol–water partition coefficient (Wildman–Crippen LogP) is 4.92. The van der Waals surface area contributed by atoms with E-state index in [0.29, 0.717) is 19.7 Å². The van der Waals surface area contributed by atoms with Crippen LogP contribution in [0.15, 0.2) is 71.7 Å². The Labute approximate surface area is 151 Å². The van der Waals surface area contributed by atoms with Gasteiger partial charge in [0.25, 0.3) is 0 Å². The third-order valence-corrected chi connectivity index (χ3v) is 5.05. The SMILES string of the molecule is C=CC1(c2cccc(Br)c2)CCN(C(=O)OCc2ccccc2)C1. The highest BCUT2D eigenvalue weighted by atomic mass is 79.9. The van der Waals surface area contributed by atoms with Crippen molar-refractivity contribution in [3.63, 3.8) is 0 Å². The third kappa shape index (κ3) is 3.54. The van der Waals surface area contributed by atoms with Crippen molar-refractivity contribution in [1.29, 1.82) is 0 Å². The highest BCUT2D eigenvalue weighted by Crippen LogP contribution is 2.37. The fourth-order valence-electron chi connectivity index (χ4n) is 3.12. The van der Waals surface area contributed by atoms with E-state index in [1.165, 1.54) is 5.56 Å². The van der Waals surface area contributed by atoms with Gasteiger partial charge in [-0.3, -0.25) is 0 Å². The number of rotatable bonds is 4. The van der Waals surface area contributed by atoms with Gasteiger partial charge >= 0.3 is 6.09 Å². The molecule has 124 valence electrons. The lowest BCUT2D eigenvalue weighted by Gasteiger charge is -2.26. The lowest BCUT2D eigenvalue weighted by atomic mass is 9.80. The van der Waals surface area contributed by atoms with Crippen molar-refractivity contribution in [3.05, 3.63) is 82.9 Å². The number of halogens is 1. The van der Waals surface area contributed by atoms with Gasteiger partial charge in [-0.25, -0.2) is 4.79 Å². The molecule has 1 saturated heterocycles. The minimum absolute atomic E-state index is 0.213. The van der Waals surface area contributed by atoms with Crippen molar-refractivity contribution in [3.8, 4) is 0 Å². The molecule has 0 aliphatic carbocycles. The van der Waals surface area contributed by atoms with E-state index < -0.39 is 0 Å². The smallest absolute Gasteiger partial charge is 0.410 e. The van der Waals surface area contributed by atoms with Crippen molar-refractivity contribution in [1.82, 2.24) is 4.90 Å². The van der Waals surface area contributed by atoms with Crippen LogP contribution >= 0.6 is 15.9 Å². The average molecular weight is 386 g/mol. The zero-order chi connectivity index (χ0) is 17.0. The number of ether oxygens (including phenoxy) is 1. The maximum absolute atomic E-state index is 12.4. The highest BCUT2D eigenvalue weighted by Gasteiger charge is 2.39. The van der Waals surface area contributed by atoms with Crippen LogP contribution in [0, 0.1) is 0 Å². The summed E-state index contributed by atoms with van der Waals surface area (Å²) in [5.41, 5.74) is 1.95. The molecule has 4 heteroatoms. The van der Waals surface area contributed by atoms with Crippen LogP contribution in [-0.2, 0) is 16.8 Å². The van der Waals surface area contributed by atoms with Gasteiger partial charge in [-0.05, 0) is 29.7 Å². The standard InChI is InChI=1S/C20H20BrNO2/c1-2-20(17-9-6-10-18(21)13-17)11-12-22(15-20)19(23)24-14-16-7-4-3-5-8-16/h2-10,13H,1,11-12,14-15H2. The second-order valence-electron chi connectivity index (χ2n) is 6.08. The van der Waals surface area contributed by atoms with Crippen molar-refractivity contribution in [2.24, 2.45) is 0 Å². The van der Waals surface area contributed by atoms with Gasteiger partial charge in [-0.2, -0.15) is 0 Å². The Morgan fingerprint density at radius 3 is 2.75 bits per heavy atom. The molecule has 24 heavy (non-hydrogen) atoms. The van der Waals surface area contributed by atoms with Gasteiger partial charge in [-0.15, -0.1) is 6.58 Å². The molecule has 1 aliphatic heterocycles. The van der Waals surface area contributed by atoms with E-state index in [4.69, 9.17) is 4.74 Å². The molecule has 1 unspecified atom stereocenters. The van der Waals surface area contributed by atoms with Gasteiger partial charge < -0.3 is 9.64 Å². The predicted molar refractivity (Wildman–Crippen MR) is 98.8 cm³/mol. The topological polar surface area (TPSA) is 29.5 Å². The minimum Gasteiger partial charge on any atom is -0.445 e. The summed E-state index contributed by atoms with van der Waals surface area (Å²) in [6.45, 7) is 5.58. The molecule has 2 aromatic carbocycles. The summed E-state index contributed by atoms with van der Waals surface area (Å²) in [5.74, 6) is 0. The Kier molecular flexibility index (Phi) is 5.05. The molecule has 0 saturated carbocycles. The molecule has 3 nitrogen and oxygen atoms in total. The van der Waals surface area contributed by atoms with Gasteiger partial charge in [0.2, 0.25) is 0 Å². The van der Waals surface area contributed by atoms with Gasteiger partial charge in [-0.1, -0.05) is 64.5 Å². The molecular formula is C20H20BrNO2. The lowest BCUT2D eigenvalue weighted by molar-refractivity contribution is 0.103.